The standard InChI is InChI=1S/C15H19FN2O2/c1-9(10-3-4-10)18-14(19)8-17-15(18)11-5-6-13(20-2)12(16)7-11/h5-7,9-10,15,17H,3-4,8H2,1-2H3. The number of nitrogens with one attached hydrogen (secondary N) is 1. The first kappa shape index (κ1) is 13.4. The Morgan fingerprint density at radius 3 is 2.80 bits per heavy atom. The van der Waals surface area contributed by atoms with Crippen molar-refractivity contribution in [1.82, 2.24) is 10.2 Å². The number of methoxy groups -OCH3 is 1. The summed E-state index contributed by atoms with van der Waals surface area (Å²) in [5.74, 6) is 0.500. The molecular weight excluding hydrogens is 259 g/mol. The highest BCUT2D eigenvalue weighted by atomic mass is 19.1. The van der Waals surface area contributed by atoms with Crippen LogP contribution in [0.2, 0.25) is 0 Å². The summed E-state index contributed by atoms with van der Waals surface area (Å²) in [5, 5.41) is 3.17. The van der Waals surface area contributed by atoms with Gasteiger partial charge in [-0.25, -0.2) is 4.39 Å². The lowest BCUT2D eigenvalue weighted by atomic mass is 10.1. The Kier molecular flexibility index (Phi) is 3.38. The average molecular weight is 278 g/mol. The third kappa shape index (κ3) is 2.26. The molecule has 0 aromatic heterocycles. The lowest BCUT2D eigenvalue weighted by Crippen LogP contribution is -2.39. The van der Waals surface area contributed by atoms with Gasteiger partial charge in [0.05, 0.1) is 13.7 Å². The van der Waals surface area contributed by atoms with Crippen molar-refractivity contribution in [2.45, 2.75) is 32.0 Å². The molecule has 2 aliphatic rings. The van der Waals surface area contributed by atoms with Gasteiger partial charge in [-0.15, -0.1) is 0 Å². The molecule has 0 spiro atoms. The largest absolute Gasteiger partial charge is 0.494 e. The molecule has 1 amide bonds. The molecule has 108 valence electrons. The first-order valence-electron chi connectivity index (χ1n) is 7.00. The SMILES string of the molecule is COc1ccc(C2NCC(=O)N2C(C)C2CC2)cc1F. The molecule has 1 aliphatic carbocycles. The summed E-state index contributed by atoms with van der Waals surface area (Å²) < 4.78 is 18.8. The maximum Gasteiger partial charge on any atom is 0.238 e. The second-order valence-electron chi connectivity index (χ2n) is 5.56. The van der Waals surface area contributed by atoms with Crippen molar-refractivity contribution in [2.75, 3.05) is 13.7 Å². The van der Waals surface area contributed by atoms with Crippen molar-refractivity contribution >= 4 is 5.91 Å². The van der Waals surface area contributed by atoms with Crippen molar-refractivity contribution in [1.29, 1.82) is 0 Å². The summed E-state index contributed by atoms with van der Waals surface area (Å²) >= 11 is 0. The molecule has 1 aromatic carbocycles. The van der Waals surface area contributed by atoms with Gasteiger partial charge in [-0.05, 0) is 43.4 Å². The van der Waals surface area contributed by atoms with Gasteiger partial charge in [-0.2, -0.15) is 0 Å². The molecule has 5 heteroatoms. The Bertz CT molecular complexity index is 531. The number of hydrogen-bond acceptors (Lipinski definition) is 3. The molecule has 1 heterocycles. The zero-order valence-electron chi connectivity index (χ0n) is 11.7. The van der Waals surface area contributed by atoms with Crippen LogP contribution in [0.15, 0.2) is 18.2 Å². The highest BCUT2D eigenvalue weighted by molar-refractivity contribution is 5.81. The summed E-state index contributed by atoms with van der Waals surface area (Å²) in [7, 11) is 1.44. The van der Waals surface area contributed by atoms with E-state index in [0.717, 1.165) is 5.56 Å². The highest BCUT2D eigenvalue weighted by Gasteiger charge is 2.41. The summed E-state index contributed by atoms with van der Waals surface area (Å²) in [4.78, 5) is 13.9. The topological polar surface area (TPSA) is 41.6 Å². The van der Waals surface area contributed by atoms with Gasteiger partial charge in [0.25, 0.3) is 0 Å². The third-order valence-corrected chi connectivity index (χ3v) is 4.25. The van der Waals surface area contributed by atoms with E-state index >= 15 is 0 Å². The molecule has 3 rings (SSSR count). The van der Waals surface area contributed by atoms with Crippen molar-refractivity contribution in [2.24, 2.45) is 5.92 Å². The Hall–Kier alpha value is -1.62. The lowest BCUT2D eigenvalue weighted by molar-refractivity contribution is -0.130. The van der Waals surface area contributed by atoms with Crippen molar-refractivity contribution < 1.29 is 13.9 Å². The van der Waals surface area contributed by atoms with Gasteiger partial charge < -0.3 is 9.64 Å². The molecule has 1 aliphatic heterocycles. The van der Waals surface area contributed by atoms with Crippen LogP contribution in [0.4, 0.5) is 4.39 Å². The van der Waals surface area contributed by atoms with Crippen LogP contribution >= 0.6 is 0 Å². The minimum Gasteiger partial charge on any atom is -0.494 e. The van der Waals surface area contributed by atoms with E-state index in [-0.39, 0.29) is 23.9 Å². The number of rotatable bonds is 4. The van der Waals surface area contributed by atoms with Crippen molar-refractivity contribution in [3.63, 3.8) is 0 Å². The molecule has 1 aromatic rings. The fourth-order valence-electron chi connectivity index (χ4n) is 2.92. The number of amides is 1. The first-order chi connectivity index (χ1) is 9.61. The van der Waals surface area contributed by atoms with Gasteiger partial charge in [0.2, 0.25) is 5.91 Å². The maximum atomic E-state index is 13.8. The maximum absolute atomic E-state index is 13.8. The number of halogens is 1. The number of ether oxygens (including phenoxy) is 1. The van der Waals surface area contributed by atoms with Crippen LogP contribution in [0.25, 0.3) is 0 Å². The van der Waals surface area contributed by atoms with Crippen LogP contribution in [0.5, 0.6) is 5.75 Å². The normalized spacial score (nSPS) is 24.1. The number of nitrogens with zero attached hydrogens (tertiary/aromatic N) is 1. The molecule has 1 saturated heterocycles. The van der Waals surface area contributed by atoms with Crippen LogP contribution in [0, 0.1) is 11.7 Å². The van der Waals surface area contributed by atoms with E-state index in [9.17, 15) is 9.18 Å². The predicted molar refractivity (Wildman–Crippen MR) is 72.7 cm³/mol. The summed E-state index contributed by atoms with van der Waals surface area (Å²) in [6.45, 7) is 2.39. The van der Waals surface area contributed by atoms with Gasteiger partial charge in [0, 0.05) is 6.04 Å². The van der Waals surface area contributed by atoms with E-state index in [2.05, 4.69) is 12.2 Å². The number of benzene rings is 1. The van der Waals surface area contributed by atoms with Gasteiger partial charge in [0.15, 0.2) is 11.6 Å². The summed E-state index contributed by atoms with van der Waals surface area (Å²) in [5.41, 5.74) is 0.765. The van der Waals surface area contributed by atoms with Crippen LogP contribution in [0.1, 0.15) is 31.5 Å². The molecule has 4 nitrogen and oxygen atoms in total. The monoisotopic (exact) mass is 278 g/mol. The Morgan fingerprint density at radius 2 is 2.20 bits per heavy atom. The molecule has 2 atom stereocenters. The van der Waals surface area contributed by atoms with Crippen LogP contribution < -0.4 is 10.1 Å². The van der Waals surface area contributed by atoms with E-state index in [1.54, 1.807) is 6.07 Å². The average Bonchev–Trinajstić information content (AvgIpc) is 3.21. The fraction of sp³-hybridized carbons (Fsp3) is 0.533. The smallest absolute Gasteiger partial charge is 0.238 e. The third-order valence-electron chi connectivity index (χ3n) is 4.25. The molecular formula is C15H19FN2O2. The van der Waals surface area contributed by atoms with Crippen LogP contribution in [-0.2, 0) is 4.79 Å². The summed E-state index contributed by atoms with van der Waals surface area (Å²) in [6, 6.07) is 5.06. The minimum absolute atomic E-state index is 0.0885. The molecule has 20 heavy (non-hydrogen) atoms. The quantitative estimate of drug-likeness (QED) is 0.916. The first-order valence-corrected chi connectivity index (χ1v) is 7.00. The van der Waals surface area contributed by atoms with Gasteiger partial charge in [0.1, 0.15) is 6.17 Å². The van der Waals surface area contributed by atoms with Crippen LogP contribution in [-0.4, -0.2) is 30.5 Å². The van der Waals surface area contributed by atoms with Gasteiger partial charge in [-0.1, -0.05) is 6.07 Å². The zero-order chi connectivity index (χ0) is 14.3. The molecule has 2 unspecified atom stereocenters. The minimum atomic E-state index is -0.398. The molecule has 2 fully saturated rings. The number of carbonyl (C=O) groups is 1. The molecule has 1 N–H and O–H groups in total. The molecule has 0 radical (unpaired) electrons. The number of carbonyl (C=O) groups excluding carboxylic acids is 1. The summed E-state index contributed by atoms with van der Waals surface area (Å²) in [6.07, 6.45) is 2.11. The van der Waals surface area contributed by atoms with E-state index in [4.69, 9.17) is 4.74 Å². The van der Waals surface area contributed by atoms with Crippen molar-refractivity contribution in [3.05, 3.63) is 29.6 Å². The highest BCUT2D eigenvalue weighted by Crippen LogP contribution is 2.39. The second kappa shape index (κ2) is 5.05. The fourth-order valence-corrected chi connectivity index (χ4v) is 2.92. The van der Waals surface area contributed by atoms with E-state index in [1.807, 2.05) is 11.0 Å². The van der Waals surface area contributed by atoms with Gasteiger partial charge >= 0.3 is 0 Å². The lowest BCUT2D eigenvalue weighted by Gasteiger charge is -2.31. The van der Waals surface area contributed by atoms with Gasteiger partial charge in [-0.3, -0.25) is 10.1 Å². The van der Waals surface area contributed by atoms with E-state index < -0.39 is 5.82 Å². The Balaban J connectivity index is 1.87. The Morgan fingerprint density at radius 1 is 1.45 bits per heavy atom. The Labute approximate surface area is 117 Å². The molecule has 1 saturated carbocycles. The number of hydrogen-bond donors (Lipinski definition) is 1. The van der Waals surface area contributed by atoms with E-state index in [0.29, 0.717) is 12.5 Å². The predicted octanol–water partition coefficient (Wildman–Crippen LogP) is 2.06. The van der Waals surface area contributed by atoms with E-state index in [1.165, 1.54) is 26.0 Å². The molecule has 0 bridgehead atoms. The van der Waals surface area contributed by atoms with Crippen LogP contribution in [0.3, 0.4) is 0 Å². The second-order valence-corrected chi connectivity index (χ2v) is 5.56. The van der Waals surface area contributed by atoms with Crippen molar-refractivity contribution in [3.8, 4) is 5.75 Å². The zero-order valence-corrected chi connectivity index (χ0v) is 11.7.